The average Bonchev–Trinajstić information content (AvgIpc) is 2.35. The molecule has 1 atom stereocenters. The first kappa shape index (κ1) is 14.5. The third-order valence-electron chi connectivity index (χ3n) is 4.11. The first-order chi connectivity index (χ1) is 9.04. The summed E-state index contributed by atoms with van der Waals surface area (Å²) < 4.78 is 0. The minimum atomic E-state index is -0.0479. The normalized spacial score (nSPS) is 24.3. The van der Waals surface area contributed by atoms with Gasteiger partial charge in [0.25, 0.3) is 0 Å². The van der Waals surface area contributed by atoms with Gasteiger partial charge in [-0.15, -0.1) is 0 Å². The van der Waals surface area contributed by atoms with E-state index in [0.717, 1.165) is 32.4 Å². The van der Waals surface area contributed by atoms with Crippen molar-refractivity contribution in [3.05, 3.63) is 35.4 Å². The number of nitrogens with zero attached hydrogens (tertiary/aromatic N) is 1. The fourth-order valence-corrected chi connectivity index (χ4v) is 2.72. The van der Waals surface area contributed by atoms with Crippen molar-refractivity contribution >= 4 is 0 Å². The molecule has 0 heterocycles. The highest BCUT2D eigenvalue weighted by atomic mass is 16.3. The van der Waals surface area contributed by atoms with Gasteiger partial charge in [0.2, 0.25) is 0 Å². The first-order valence-electron chi connectivity index (χ1n) is 7.23. The lowest BCUT2D eigenvalue weighted by Crippen LogP contribution is -2.37. The molecule has 3 heteroatoms. The largest absolute Gasteiger partial charge is 0.393 e. The summed E-state index contributed by atoms with van der Waals surface area (Å²) in [7, 11) is 2.15. The van der Waals surface area contributed by atoms with Crippen molar-refractivity contribution in [3.8, 4) is 0 Å². The summed E-state index contributed by atoms with van der Waals surface area (Å²) in [6.07, 6.45) is 2.87. The summed E-state index contributed by atoms with van der Waals surface area (Å²) in [5.41, 5.74) is 8.72. The molecule has 1 aromatic carbocycles. The highest BCUT2D eigenvalue weighted by molar-refractivity contribution is 5.23. The van der Waals surface area contributed by atoms with Crippen LogP contribution in [0.25, 0.3) is 0 Å². The molecule has 0 radical (unpaired) electrons. The van der Waals surface area contributed by atoms with Crippen LogP contribution >= 0.6 is 0 Å². The first-order valence-corrected chi connectivity index (χ1v) is 7.23. The van der Waals surface area contributed by atoms with E-state index in [1.54, 1.807) is 0 Å². The third-order valence-corrected chi connectivity index (χ3v) is 4.11. The van der Waals surface area contributed by atoms with Gasteiger partial charge in [-0.05, 0) is 51.3 Å². The molecule has 0 amide bonds. The third kappa shape index (κ3) is 4.30. The number of hydrogen-bond acceptors (Lipinski definition) is 3. The predicted octanol–water partition coefficient (Wildman–Crippen LogP) is 2.09. The van der Waals surface area contributed by atoms with E-state index < -0.39 is 0 Å². The van der Waals surface area contributed by atoms with Gasteiger partial charge in [-0.25, -0.2) is 0 Å². The van der Waals surface area contributed by atoms with Gasteiger partial charge in [0, 0.05) is 12.6 Å². The lowest BCUT2D eigenvalue weighted by atomic mass is 9.82. The van der Waals surface area contributed by atoms with E-state index in [4.69, 9.17) is 5.73 Å². The molecule has 1 aliphatic carbocycles. The molecule has 0 bridgehead atoms. The van der Waals surface area contributed by atoms with Crippen LogP contribution in [0.5, 0.6) is 0 Å². The van der Waals surface area contributed by atoms with E-state index in [9.17, 15) is 5.11 Å². The topological polar surface area (TPSA) is 49.5 Å². The number of rotatable bonds is 6. The van der Waals surface area contributed by atoms with Crippen LogP contribution in [0, 0.1) is 12.8 Å². The van der Waals surface area contributed by atoms with E-state index in [2.05, 4.69) is 43.1 Å². The van der Waals surface area contributed by atoms with Crippen LogP contribution < -0.4 is 5.73 Å². The number of aryl methyl sites for hydroxylation is 1. The summed E-state index contributed by atoms with van der Waals surface area (Å²) in [4.78, 5) is 2.34. The van der Waals surface area contributed by atoms with Crippen LogP contribution in [0.3, 0.4) is 0 Å². The maximum Gasteiger partial charge on any atom is 0.0546 e. The zero-order valence-electron chi connectivity index (χ0n) is 12.0. The van der Waals surface area contributed by atoms with Gasteiger partial charge in [0.1, 0.15) is 0 Å². The zero-order chi connectivity index (χ0) is 13.8. The summed E-state index contributed by atoms with van der Waals surface area (Å²) >= 11 is 0. The molecule has 1 aromatic rings. The minimum Gasteiger partial charge on any atom is -0.393 e. The van der Waals surface area contributed by atoms with E-state index in [0.29, 0.717) is 5.92 Å². The number of aliphatic hydroxyl groups is 1. The SMILES string of the molecule is Cc1ccc(C(N)CCN(C)CC2CC(O)C2)cc1. The predicted molar refractivity (Wildman–Crippen MR) is 79.0 cm³/mol. The lowest BCUT2D eigenvalue weighted by Gasteiger charge is -2.34. The molecule has 106 valence electrons. The van der Waals surface area contributed by atoms with Crippen LogP contribution in [-0.4, -0.2) is 36.2 Å². The molecule has 0 aliphatic heterocycles. The molecule has 19 heavy (non-hydrogen) atoms. The van der Waals surface area contributed by atoms with Gasteiger partial charge in [-0.2, -0.15) is 0 Å². The Morgan fingerprint density at radius 1 is 1.32 bits per heavy atom. The molecule has 0 aromatic heterocycles. The monoisotopic (exact) mass is 262 g/mol. The second kappa shape index (κ2) is 6.51. The molecule has 1 fully saturated rings. The van der Waals surface area contributed by atoms with Crippen LogP contribution in [0.15, 0.2) is 24.3 Å². The zero-order valence-corrected chi connectivity index (χ0v) is 12.0. The van der Waals surface area contributed by atoms with Gasteiger partial charge in [-0.1, -0.05) is 29.8 Å². The van der Waals surface area contributed by atoms with Gasteiger partial charge < -0.3 is 15.7 Å². The van der Waals surface area contributed by atoms with Crippen molar-refractivity contribution in [1.29, 1.82) is 0 Å². The maximum atomic E-state index is 9.28. The standard InChI is InChI=1S/C16H26N2O/c1-12-3-5-14(6-4-12)16(17)7-8-18(2)11-13-9-15(19)10-13/h3-6,13,15-16,19H,7-11,17H2,1-2H3. The fourth-order valence-electron chi connectivity index (χ4n) is 2.72. The molecule has 0 saturated heterocycles. The Balaban J connectivity index is 1.70. The number of aliphatic hydroxyl groups excluding tert-OH is 1. The maximum absolute atomic E-state index is 9.28. The molecular formula is C16H26N2O. The molecule has 1 aliphatic rings. The summed E-state index contributed by atoms with van der Waals surface area (Å²) in [5.74, 6) is 0.676. The van der Waals surface area contributed by atoms with Crippen LogP contribution in [-0.2, 0) is 0 Å². The Hall–Kier alpha value is -0.900. The van der Waals surface area contributed by atoms with Crippen molar-refractivity contribution < 1.29 is 5.11 Å². The van der Waals surface area contributed by atoms with Crippen molar-refractivity contribution in [2.75, 3.05) is 20.1 Å². The van der Waals surface area contributed by atoms with Gasteiger partial charge in [0.05, 0.1) is 6.10 Å². The average molecular weight is 262 g/mol. The molecule has 2 rings (SSSR count). The molecule has 0 spiro atoms. The van der Waals surface area contributed by atoms with Gasteiger partial charge >= 0.3 is 0 Å². The number of benzene rings is 1. The lowest BCUT2D eigenvalue weighted by molar-refractivity contribution is 0.0280. The second-order valence-electron chi connectivity index (χ2n) is 6.06. The minimum absolute atomic E-state index is 0.0479. The van der Waals surface area contributed by atoms with E-state index in [-0.39, 0.29) is 12.1 Å². The van der Waals surface area contributed by atoms with Crippen molar-refractivity contribution in [2.45, 2.75) is 38.3 Å². The van der Waals surface area contributed by atoms with Gasteiger partial charge in [-0.3, -0.25) is 0 Å². The molecule has 1 saturated carbocycles. The van der Waals surface area contributed by atoms with Crippen molar-refractivity contribution in [2.24, 2.45) is 11.7 Å². The Morgan fingerprint density at radius 2 is 1.95 bits per heavy atom. The quantitative estimate of drug-likeness (QED) is 0.825. The van der Waals surface area contributed by atoms with E-state index in [1.165, 1.54) is 11.1 Å². The summed E-state index contributed by atoms with van der Waals surface area (Å²) in [5, 5.41) is 9.28. The van der Waals surface area contributed by atoms with Crippen LogP contribution in [0.2, 0.25) is 0 Å². The fraction of sp³-hybridized carbons (Fsp3) is 0.625. The van der Waals surface area contributed by atoms with Crippen LogP contribution in [0.4, 0.5) is 0 Å². The molecule has 1 unspecified atom stereocenters. The van der Waals surface area contributed by atoms with Crippen molar-refractivity contribution in [1.82, 2.24) is 4.90 Å². The Labute approximate surface area is 116 Å². The highest BCUT2D eigenvalue weighted by Crippen LogP contribution is 2.27. The van der Waals surface area contributed by atoms with Gasteiger partial charge in [0.15, 0.2) is 0 Å². The summed E-state index contributed by atoms with van der Waals surface area (Å²) in [6.45, 7) is 4.19. The van der Waals surface area contributed by atoms with E-state index >= 15 is 0 Å². The number of hydrogen-bond donors (Lipinski definition) is 2. The Bertz CT molecular complexity index is 384. The molecule has 3 nitrogen and oxygen atoms in total. The Morgan fingerprint density at radius 3 is 2.53 bits per heavy atom. The van der Waals surface area contributed by atoms with Crippen molar-refractivity contribution in [3.63, 3.8) is 0 Å². The molecular weight excluding hydrogens is 236 g/mol. The number of nitrogens with two attached hydrogens (primary N) is 1. The highest BCUT2D eigenvalue weighted by Gasteiger charge is 2.27. The second-order valence-corrected chi connectivity index (χ2v) is 6.06. The Kier molecular flexibility index (Phi) is 4.97. The van der Waals surface area contributed by atoms with Crippen LogP contribution in [0.1, 0.15) is 36.4 Å². The smallest absolute Gasteiger partial charge is 0.0546 e. The molecule has 3 N–H and O–H groups in total. The van der Waals surface area contributed by atoms with E-state index in [1.807, 2.05) is 0 Å². The summed E-state index contributed by atoms with van der Waals surface area (Å²) in [6, 6.07) is 8.61.